The maximum atomic E-state index is 11.2. The number of carbonyl (C=O) groups is 1. The quantitative estimate of drug-likeness (QED) is 0.871. The molecule has 0 aliphatic heterocycles. The summed E-state index contributed by atoms with van der Waals surface area (Å²) in [5, 5.41) is 9.01. The lowest BCUT2D eigenvalue weighted by Gasteiger charge is -2.17. The fourth-order valence-electron chi connectivity index (χ4n) is 1.41. The molecular weight excluding hydrogens is 284 g/mol. The third kappa shape index (κ3) is 3.97. The van der Waals surface area contributed by atoms with E-state index in [1.54, 1.807) is 0 Å². The molecule has 0 amide bonds. The monoisotopic (exact) mass is 296 g/mol. The van der Waals surface area contributed by atoms with Gasteiger partial charge in [0.05, 0.1) is 0 Å². The van der Waals surface area contributed by atoms with Crippen molar-refractivity contribution in [3.8, 4) is 0 Å². The summed E-state index contributed by atoms with van der Waals surface area (Å²) in [4.78, 5) is 11.1. The van der Waals surface area contributed by atoms with E-state index in [0.29, 0.717) is 23.3 Å². The van der Waals surface area contributed by atoms with E-state index >= 15 is 0 Å². The van der Waals surface area contributed by atoms with Crippen LogP contribution in [0, 0.1) is 5.41 Å². The zero-order chi connectivity index (χ0) is 13.4. The van der Waals surface area contributed by atoms with Gasteiger partial charge in [0.25, 0.3) is 9.05 Å². The summed E-state index contributed by atoms with van der Waals surface area (Å²) in [6.45, 7) is 5.85. The van der Waals surface area contributed by atoms with Crippen LogP contribution in [0.15, 0.2) is 10.3 Å². The number of hydrogen-bond acceptors (Lipinski definition) is 4. The fraction of sp³-hybridized carbons (Fsp3) is 0.500. The molecule has 1 aromatic heterocycles. The van der Waals surface area contributed by atoms with Gasteiger partial charge in [0, 0.05) is 10.7 Å². The number of rotatable bonds is 3. The molecular formula is C10H13ClO4S2. The van der Waals surface area contributed by atoms with Crippen molar-refractivity contribution in [3.05, 3.63) is 16.5 Å². The first-order valence-electron chi connectivity index (χ1n) is 4.81. The van der Waals surface area contributed by atoms with Crippen molar-refractivity contribution in [2.75, 3.05) is 0 Å². The Kier molecular flexibility index (Phi) is 3.91. The summed E-state index contributed by atoms with van der Waals surface area (Å²) < 4.78 is 22.2. The molecule has 1 heterocycles. The number of halogens is 1. The molecule has 0 saturated carbocycles. The van der Waals surface area contributed by atoms with Gasteiger partial charge in [-0.05, 0) is 23.5 Å². The number of carboxylic acids is 1. The SMILES string of the molecule is CC(C)(C)Cc1cc(S(=O)(=O)Cl)sc1C(=O)O. The minimum absolute atomic E-state index is 0.0409. The molecule has 4 nitrogen and oxygen atoms in total. The Morgan fingerprint density at radius 3 is 2.35 bits per heavy atom. The van der Waals surface area contributed by atoms with Crippen LogP contribution < -0.4 is 0 Å². The van der Waals surface area contributed by atoms with Crippen molar-refractivity contribution in [1.82, 2.24) is 0 Å². The first-order valence-corrected chi connectivity index (χ1v) is 7.94. The Bertz CT molecular complexity index is 537. The van der Waals surface area contributed by atoms with Gasteiger partial charge in [0.15, 0.2) is 0 Å². The summed E-state index contributed by atoms with van der Waals surface area (Å²) in [7, 11) is 1.34. The molecule has 0 bridgehead atoms. The van der Waals surface area contributed by atoms with Gasteiger partial charge in [-0.15, -0.1) is 11.3 Å². The molecule has 0 fully saturated rings. The highest BCUT2D eigenvalue weighted by Crippen LogP contribution is 2.32. The predicted octanol–water partition coefficient (Wildman–Crippen LogP) is 2.96. The summed E-state index contributed by atoms with van der Waals surface area (Å²) in [6.07, 6.45) is 0.484. The van der Waals surface area contributed by atoms with Crippen molar-refractivity contribution in [1.29, 1.82) is 0 Å². The summed E-state index contributed by atoms with van der Waals surface area (Å²) >= 11 is 0.696. The lowest BCUT2D eigenvalue weighted by molar-refractivity contribution is 0.0700. The summed E-state index contributed by atoms with van der Waals surface area (Å²) in [5.41, 5.74) is 0.382. The van der Waals surface area contributed by atoms with E-state index in [-0.39, 0.29) is 14.5 Å². The molecule has 0 aliphatic rings. The molecule has 0 radical (unpaired) electrons. The lowest BCUT2D eigenvalue weighted by atomic mass is 9.88. The highest BCUT2D eigenvalue weighted by Gasteiger charge is 2.24. The average Bonchev–Trinajstić information content (AvgIpc) is 2.43. The van der Waals surface area contributed by atoms with E-state index in [1.165, 1.54) is 6.07 Å². The van der Waals surface area contributed by atoms with Crippen LogP contribution in [0.3, 0.4) is 0 Å². The van der Waals surface area contributed by atoms with Gasteiger partial charge in [-0.2, -0.15) is 0 Å². The molecule has 0 aliphatic carbocycles. The molecule has 0 saturated heterocycles. The van der Waals surface area contributed by atoms with E-state index in [1.807, 2.05) is 20.8 Å². The highest BCUT2D eigenvalue weighted by molar-refractivity contribution is 8.15. The predicted molar refractivity (Wildman–Crippen MR) is 67.5 cm³/mol. The Balaban J connectivity index is 3.29. The van der Waals surface area contributed by atoms with Gasteiger partial charge in [0.2, 0.25) is 0 Å². The zero-order valence-corrected chi connectivity index (χ0v) is 12.0. The van der Waals surface area contributed by atoms with Gasteiger partial charge in [-0.3, -0.25) is 0 Å². The van der Waals surface area contributed by atoms with Crippen LogP contribution in [0.25, 0.3) is 0 Å². The molecule has 0 atom stereocenters. The van der Waals surface area contributed by atoms with Crippen molar-refractivity contribution >= 4 is 37.0 Å². The number of carboxylic acid groups (broad SMARTS) is 1. The van der Waals surface area contributed by atoms with Crippen LogP contribution in [0.5, 0.6) is 0 Å². The normalized spacial score (nSPS) is 12.7. The first kappa shape index (κ1) is 14.5. The molecule has 96 valence electrons. The van der Waals surface area contributed by atoms with E-state index in [9.17, 15) is 13.2 Å². The fourth-order valence-corrected chi connectivity index (χ4v) is 3.51. The third-order valence-corrected chi connectivity index (χ3v) is 5.18. The smallest absolute Gasteiger partial charge is 0.346 e. The third-order valence-electron chi connectivity index (χ3n) is 1.94. The first-order chi connectivity index (χ1) is 7.50. The van der Waals surface area contributed by atoms with E-state index in [4.69, 9.17) is 15.8 Å². The molecule has 1 rings (SSSR count). The van der Waals surface area contributed by atoms with Crippen LogP contribution in [0.2, 0.25) is 0 Å². The second kappa shape index (κ2) is 4.59. The van der Waals surface area contributed by atoms with Crippen LogP contribution in [0.1, 0.15) is 36.0 Å². The minimum Gasteiger partial charge on any atom is -0.477 e. The van der Waals surface area contributed by atoms with Crippen LogP contribution in [-0.2, 0) is 15.5 Å². The van der Waals surface area contributed by atoms with Crippen molar-refractivity contribution in [3.63, 3.8) is 0 Å². The molecule has 0 aromatic carbocycles. The zero-order valence-electron chi connectivity index (χ0n) is 9.65. The number of hydrogen-bond donors (Lipinski definition) is 1. The van der Waals surface area contributed by atoms with Crippen LogP contribution in [0.4, 0.5) is 0 Å². The summed E-state index contributed by atoms with van der Waals surface area (Å²) in [6, 6.07) is 1.35. The molecule has 17 heavy (non-hydrogen) atoms. The Labute approximate surface area is 109 Å². The van der Waals surface area contributed by atoms with E-state index in [0.717, 1.165) is 0 Å². The Morgan fingerprint density at radius 2 is 2.00 bits per heavy atom. The van der Waals surface area contributed by atoms with E-state index < -0.39 is 15.0 Å². The summed E-state index contributed by atoms with van der Waals surface area (Å²) in [5.74, 6) is -1.12. The standard InChI is InChI=1S/C10H13ClO4S2/c1-10(2,3)5-6-4-7(17(11,14)15)16-8(6)9(12)13/h4H,5H2,1-3H3,(H,12,13). The highest BCUT2D eigenvalue weighted by atomic mass is 35.7. The molecule has 0 unspecified atom stereocenters. The van der Waals surface area contributed by atoms with E-state index in [2.05, 4.69) is 0 Å². The average molecular weight is 297 g/mol. The maximum absolute atomic E-state index is 11.2. The largest absolute Gasteiger partial charge is 0.477 e. The van der Waals surface area contributed by atoms with Crippen LogP contribution >= 0.6 is 22.0 Å². The second-order valence-corrected chi connectivity index (χ2v) is 8.75. The number of aromatic carboxylic acids is 1. The van der Waals surface area contributed by atoms with Gasteiger partial charge < -0.3 is 5.11 Å². The Hall–Kier alpha value is -0.590. The van der Waals surface area contributed by atoms with Crippen LogP contribution in [-0.4, -0.2) is 19.5 Å². The van der Waals surface area contributed by atoms with Gasteiger partial charge in [0.1, 0.15) is 9.09 Å². The number of thiophene rings is 1. The molecule has 1 aromatic rings. The Morgan fingerprint density at radius 1 is 1.47 bits per heavy atom. The maximum Gasteiger partial charge on any atom is 0.346 e. The minimum atomic E-state index is -3.87. The molecule has 0 spiro atoms. The molecule has 1 N–H and O–H groups in total. The van der Waals surface area contributed by atoms with Crippen molar-refractivity contribution in [2.24, 2.45) is 5.41 Å². The second-order valence-electron chi connectivity index (χ2n) is 4.90. The molecule has 7 heteroatoms. The topological polar surface area (TPSA) is 71.4 Å². The van der Waals surface area contributed by atoms with Gasteiger partial charge >= 0.3 is 5.97 Å². The van der Waals surface area contributed by atoms with Gasteiger partial charge in [-0.1, -0.05) is 20.8 Å². The lowest BCUT2D eigenvalue weighted by Crippen LogP contribution is -2.11. The van der Waals surface area contributed by atoms with Crippen molar-refractivity contribution in [2.45, 2.75) is 31.4 Å². The van der Waals surface area contributed by atoms with Gasteiger partial charge in [-0.25, -0.2) is 13.2 Å². The van der Waals surface area contributed by atoms with Crippen molar-refractivity contribution < 1.29 is 18.3 Å².